The lowest BCUT2D eigenvalue weighted by atomic mass is 10.5. The van der Waals surface area contributed by atoms with Crippen molar-refractivity contribution >= 4 is 23.2 Å². The summed E-state index contributed by atoms with van der Waals surface area (Å²) in [5, 5.41) is 7.33. The average molecular weight is 208 g/mol. The Morgan fingerprint density at radius 3 is 3.29 bits per heavy atom. The quantitative estimate of drug-likeness (QED) is 0.773. The predicted molar refractivity (Wildman–Crippen MR) is 59.9 cm³/mol. The number of rotatable bonds is 4. The number of anilines is 1. The van der Waals surface area contributed by atoms with E-state index in [9.17, 15) is 0 Å². The molecule has 14 heavy (non-hydrogen) atoms. The molecule has 74 valence electrons. The Labute approximate surface area is 86.7 Å². The van der Waals surface area contributed by atoms with Gasteiger partial charge in [-0.15, -0.1) is 0 Å². The Hall–Kier alpha value is -1.23. The van der Waals surface area contributed by atoms with Gasteiger partial charge in [0.15, 0.2) is 5.65 Å². The molecular weight excluding hydrogens is 196 g/mol. The second-order valence-electron chi connectivity index (χ2n) is 2.87. The Bertz CT molecular complexity index is 412. The molecule has 2 aromatic heterocycles. The number of nitrogens with one attached hydrogen (secondary N) is 1. The smallest absolute Gasteiger partial charge is 0.157 e. The van der Waals surface area contributed by atoms with Gasteiger partial charge in [-0.3, -0.25) is 0 Å². The van der Waals surface area contributed by atoms with E-state index in [0.717, 1.165) is 23.8 Å². The number of fused-ring (bicyclic) bond motifs is 1. The fraction of sp³-hybridized carbons (Fsp3) is 0.333. The van der Waals surface area contributed by atoms with Crippen molar-refractivity contribution in [1.29, 1.82) is 0 Å². The molecule has 0 atom stereocenters. The van der Waals surface area contributed by atoms with Crippen molar-refractivity contribution in [3.8, 4) is 0 Å². The van der Waals surface area contributed by atoms with E-state index in [2.05, 4.69) is 21.7 Å². The summed E-state index contributed by atoms with van der Waals surface area (Å²) in [5.74, 6) is 2.00. The molecule has 0 aliphatic heterocycles. The Balaban J connectivity index is 2.10. The normalized spacial score (nSPS) is 10.6. The summed E-state index contributed by atoms with van der Waals surface area (Å²) in [7, 11) is 0. The van der Waals surface area contributed by atoms with Crippen LogP contribution in [0.4, 0.5) is 5.82 Å². The van der Waals surface area contributed by atoms with Crippen molar-refractivity contribution in [1.82, 2.24) is 14.6 Å². The Kier molecular flexibility index (Phi) is 2.88. The Morgan fingerprint density at radius 1 is 1.50 bits per heavy atom. The third-order valence-electron chi connectivity index (χ3n) is 1.87. The van der Waals surface area contributed by atoms with Gasteiger partial charge >= 0.3 is 0 Å². The van der Waals surface area contributed by atoms with Crippen molar-refractivity contribution in [3.05, 3.63) is 24.5 Å². The maximum Gasteiger partial charge on any atom is 0.157 e. The van der Waals surface area contributed by atoms with E-state index in [1.54, 1.807) is 10.7 Å². The fourth-order valence-electron chi connectivity index (χ4n) is 1.19. The van der Waals surface area contributed by atoms with Gasteiger partial charge in [-0.25, -0.2) is 9.50 Å². The van der Waals surface area contributed by atoms with E-state index < -0.39 is 0 Å². The standard InChI is InChI=1S/C9H12N4S/c1-14-7-5-10-8-3-6-13-9(12-8)2-4-11-13/h2-4,6H,5,7H2,1H3,(H,10,12). The van der Waals surface area contributed by atoms with Crippen LogP contribution in [0.2, 0.25) is 0 Å². The number of thioether (sulfide) groups is 1. The van der Waals surface area contributed by atoms with E-state index in [0.29, 0.717) is 0 Å². The molecule has 2 rings (SSSR count). The first kappa shape index (κ1) is 9.33. The molecule has 0 saturated heterocycles. The summed E-state index contributed by atoms with van der Waals surface area (Å²) in [5.41, 5.74) is 0.874. The minimum absolute atomic E-state index is 0.874. The maximum absolute atomic E-state index is 4.39. The van der Waals surface area contributed by atoms with Crippen LogP contribution in [0.1, 0.15) is 0 Å². The molecule has 0 spiro atoms. The van der Waals surface area contributed by atoms with Crippen LogP contribution in [0, 0.1) is 0 Å². The molecule has 2 heterocycles. The maximum atomic E-state index is 4.39. The molecule has 0 fully saturated rings. The lowest BCUT2D eigenvalue weighted by molar-refractivity contribution is 0.938. The van der Waals surface area contributed by atoms with Crippen molar-refractivity contribution in [2.45, 2.75) is 0 Å². The number of hydrogen-bond donors (Lipinski definition) is 1. The van der Waals surface area contributed by atoms with Crippen molar-refractivity contribution in [3.63, 3.8) is 0 Å². The predicted octanol–water partition coefficient (Wildman–Crippen LogP) is 1.50. The first-order chi connectivity index (χ1) is 6.90. The van der Waals surface area contributed by atoms with Crippen LogP contribution in [-0.4, -0.2) is 33.2 Å². The summed E-state index contributed by atoms with van der Waals surface area (Å²) in [4.78, 5) is 4.39. The highest BCUT2D eigenvalue weighted by molar-refractivity contribution is 7.98. The minimum Gasteiger partial charge on any atom is -0.369 e. The Morgan fingerprint density at radius 2 is 2.43 bits per heavy atom. The summed E-state index contributed by atoms with van der Waals surface area (Å²) in [6.45, 7) is 0.943. The van der Waals surface area contributed by atoms with E-state index in [1.807, 2.05) is 30.1 Å². The van der Waals surface area contributed by atoms with Crippen LogP contribution >= 0.6 is 11.8 Å². The topological polar surface area (TPSA) is 42.2 Å². The van der Waals surface area contributed by atoms with Crippen LogP contribution in [0.3, 0.4) is 0 Å². The fourth-order valence-corrected chi connectivity index (χ4v) is 1.50. The van der Waals surface area contributed by atoms with Crippen molar-refractivity contribution in [2.24, 2.45) is 0 Å². The molecule has 0 aromatic carbocycles. The summed E-state index contributed by atoms with van der Waals surface area (Å²) in [6.07, 6.45) is 5.74. The zero-order valence-electron chi connectivity index (χ0n) is 7.97. The molecule has 0 bridgehead atoms. The first-order valence-corrected chi connectivity index (χ1v) is 5.83. The number of nitrogens with zero attached hydrogens (tertiary/aromatic N) is 3. The zero-order valence-corrected chi connectivity index (χ0v) is 8.79. The van der Waals surface area contributed by atoms with Crippen molar-refractivity contribution < 1.29 is 0 Å². The summed E-state index contributed by atoms with van der Waals surface area (Å²) < 4.78 is 1.75. The molecule has 0 radical (unpaired) electrons. The van der Waals surface area contributed by atoms with E-state index in [1.165, 1.54) is 0 Å². The molecule has 0 aliphatic carbocycles. The molecule has 4 nitrogen and oxygen atoms in total. The molecule has 0 unspecified atom stereocenters. The summed E-state index contributed by atoms with van der Waals surface area (Å²) >= 11 is 1.82. The average Bonchev–Trinajstić information content (AvgIpc) is 2.65. The van der Waals surface area contributed by atoms with Gasteiger partial charge in [-0.05, 0) is 12.3 Å². The monoisotopic (exact) mass is 208 g/mol. The highest BCUT2D eigenvalue weighted by Crippen LogP contribution is 2.05. The molecule has 1 N–H and O–H groups in total. The highest BCUT2D eigenvalue weighted by Gasteiger charge is 1.96. The molecular formula is C9H12N4S. The number of aromatic nitrogens is 3. The van der Waals surface area contributed by atoms with Gasteiger partial charge in [0, 0.05) is 24.6 Å². The second-order valence-corrected chi connectivity index (χ2v) is 3.85. The summed E-state index contributed by atoms with van der Waals surface area (Å²) in [6, 6.07) is 3.82. The van der Waals surface area contributed by atoms with E-state index in [-0.39, 0.29) is 0 Å². The van der Waals surface area contributed by atoms with Gasteiger partial charge in [-0.1, -0.05) is 0 Å². The van der Waals surface area contributed by atoms with E-state index >= 15 is 0 Å². The lowest BCUT2D eigenvalue weighted by Gasteiger charge is -2.03. The first-order valence-electron chi connectivity index (χ1n) is 4.43. The van der Waals surface area contributed by atoms with Crippen LogP contribution in [0.25, 0.3) is 5.65 Å². The third kappa shape index (κ3) is 1.98. The van der Waals surface area contributed by atoms with Crippen LogP contribution in [-0.2, 0) is 0 Å². The molecule has 0 amide bonds. The highest BCUT2D eigenvalue weighted by atomic mass is 32.2. The van der Waals surface area contributed by atoms with Crippen molar-refractivity contribution in [2.75, 3.05) is 23.9 Å². The second kappa shape index (κ2) is 4.32. The van der Waals surface area contributed by atoms with Gasteiger partial charge < -0.3 is 5.32 Å². The molecule has 0 saturated carbocycles. The van der Waals surface area contributed by atoms with Gasteiger partial charge in [0.2, 0.25) is 0 Å². The van der Waals surface area contributed by atoms with E-state index in [4.69, 9.17) is 0 Å². The van der Waals surface area contributed by atoms with Gasteiger partial charge in [0.1, 0.15) is 5.82 Å². The SMILES string of the molecule is CSCCNc1ccn2nccc2n1. The van der Waals surface area contributed by atoms with Crippen LogP contribution in [0.5, 0.6) is 0 Å². The van der Waals surface area contributed by atoms with Crippen LogP contribution < -0.4 is 5.32 Å². The van der Waals surface area contributed by atoms with Gasteiger partial charge in [0.05, 0.1) is 6.20 Å². The zero-order chi connectivity index (χ0) is 9.80. The number of hydrogen-bond acceptors (Lipinski definition) is 4. The van der Waals surface area contributed by atoms with Crippen LogP contribution in [0.15, 0.2) is 24.5 Å². The molecule has 0 aliphatic rings. The van der Waals surface area contributed by atoms with Gasteiger partial charge in [0.25, 0.3) is 0 Å². The van der Waals surface area contributed by atoms with Gasteiger partial charge in [-0.2, -0.15) is 16.9 Å². The lowest BCUT2D eigenvalue weighted by Crippen LogP contribution is -2.06. The largest absolute Gasteiger partial charge is 0.369 e. The minimum atomic E-state index is 0.874. The molecule has 2 aromatic rings. The molecule has 5 heteroatoms. The third-order valence-corrected chi connectivity index (χ3v) is 2.48.